The number of hydrogen-bond acceptors (Lipinski definition) is 8. The second-order valence-electron chi connectivity index (χ2n) is 28.7. The summed E-state index contributed by atoms with van der Waals surface area (Å²) in [6.07, 6.45) is 116. The monoisotopic (exact) mass is 1400 g/mol. The Morgan fingerprint density at radius 2 is 0.556 bits per heavy atom. The topological polar surface area (TPSA) is 134 Å². The first-order valence-electron chi connectivity index (χ1n) is 42.7. The maximum atomic E-state index is 12.8. The smallest absolute Gasteiger partial charge is 0.462 e. The molecule has 99 heavy (non-hydrogen) atoms. The van der Waals surface area contributed by atoms with Crippen LogP contribution in [0.15, 0.2) is 97.2 Å². The van der Waals surface area contributed by atoms with Crippen LogP contribution in [-0.4, -0.2) is 49.3 Å². The summed E-state index contributed by atoms with van der Waals surface area (Å²) >= 11 is 0. The second kappa shape index (κ2) is 83.9. The van der Waals surface area contributed by atoms with E-state index in [1.807, 2.05) is 0 Å². The van der Waals surface area contributed by atoms with E-state index in [4.69, 9.17) is 24.3 Å². The van der Waals surface area contributed by atoms with Crippen LogP contribution in [0.3, 0.4) is 0 Å². The minimum atomic E-state index is -4.40. The average molecular weight is 1410 g/mol. The minimum Gasteiger partial charge on any atom is -0.462 e. The molecule has 3 N–H and O–H groups in total. The molecule has 0 aliphatic rings. The van der Waals surface area contributed by atoms with Crippen LogP contribution in [0.25, 0.3) is 0 Å². The van der Waals surface area contributed by atoms with Crippen molar-refractivity contribution in [2.75, 3.05) is 26.4 Å². The Bertz CT molecular complexity index is 1950. The van der Waals surface area contributed by atoms with E-state index in [1.54, 1.807) is 0 Å². The molecule has 576 valence electrons. The predicted molar refractivity (Wildman–Crippen MR) is 432 cm³/mol. The molecule has 0 heterocycles. The van der Waals surface area contributed by atoms with Crippen LogP contribution in [0, 0.1) is 0 Å². The Kier molecular flexibility index (Phi) is 81.3. The minimum absolute atomic E-state index is 0.0538. The number of phosphoric acid groups is 1. The molecule has 0 fully saturated rings. The van der Waals surface area contributed by atoms with Crippen molar-refractivity contribution in [2.24, 2.45) is 5.73 Å². The van der Waals surface area contributed by atoms with Gasteiger partial charge in [0.05, 0.1) is 13.2 Å². The Labute approximate surface area is 614 Å². The molecule has 2 unspecified atom stereocenters. The lowest BCUT2D eigenvalue weighted by Crippen LogP contribution is -2.29. The van der Waals surface area contributed by atoms with Gasteiger partial charge in [-0.2, -0.15) is 0 Å². The van der Waals surface area contributed by atoms with E-state index in [2.05, 4.69) is 111 Å². The van der Waals surface area contributed by atoms with E-state index < -0.39 is 26.5 Å². The summed E-state index contributed by atoms with van der Waals surface area (Å²) in [6.45, 7) is 3.70. The van der Waals surface area contributed by atoms with Gasteiger partial charge in [0, 0.05) is 19.4 Å². The van der Waals surface area contributed by atoms with Crippen LogP contribution in [0.4, 0.5) is 0 Å². The van der Waals surface area contributed by atoms with Gasteiger partial charge in [0.25, 0.3) is 0 Å². The lowest BCUT2D eigenvalue weighted by molar-refractivity contribution is -0.161. The number of carbonyl (C=O) groups is 2. The summed E-state index contributed by atoms with van der Waals surface area (Å²) in [5.74, 6) is -0.806. The molecule has 0 spiro atoms. The number of esters is 2. The molecule has 9 nitrogen and oxygen atoms in total. The molecule has 0 aromatic rings. The number of unbranched alkanes of at least 4 members (excludes halogenated alkanes) is 52. The SMILES string of the molecule is CC/C=C\C/C=C\C/C=C\C/C=C\C/C=C\C/C=C\C/C=C\CCCCCCCCCCCCCCCCCCCCCC(=O)OC(COC(=O)CCCCCCCCCCCCCCCCCCCCCCCCCCC/C=C\CCCCCCCCCC)COP(=O)(O)OCCN. The summed E-state index contributed by atoms with van der Waals surface area (Å²) in [6, 6.07) is 0. The molecule has 0 saturated heterocycles. The highest BCUT2D eigenvalue weighted by atomic mass is 31.2. The summed E-state index contributed by atoms with van der Waals surface area (Å²) < 4.78 is 33.3. The largest absolute Gasteiger partial charge is 0.472 e. The van der Waals surface area contributed by atoms with Crippen molar-refractivity contribution >= 4 is 19.8 Å². The second-order valence-corrected chi connectivity index (χ2v) is 30.1. The van der Waals surface area contributed by atoms with Crippen molar-refractivity contribution in [3.63, 3.8) is 0 Å². The normalized spacial score (nSPS) is 13.3. The molecule has 0 aliphatic carbocycles. The van der Waals surface area contributed by atoms with Crippen molar-refractivity contribution in [2.45, 2.75) is 431 Å². The number of rotatable bonds is 81. The third-order valence-electron chi connectivity index (χ3n) is 19.0. The van der Waals surface area contributed by atoms with Gasteiger partial charge in [-0.1, -0.05) is 413 Å². The van der Waals surface area contributed by atoms with Crippen LogP contribution >= 0.6 is 7.82 Å². The van der Waals surface area contributed by atoms with Crippen LogP contribution in [0.2, 0.25) is 0 Å². The van der Waals surface area contributed by atoms with Gasteiger partial charge in [0.2, 0.25) is 0 Å². The Morgan fingerprint density at radius 3 is 0.838 bits per heavy atom. The van der Waals surface area contributed by atoms with Crippen molar-refractivity contribution < 1.29 is 37.6 Å². The van der Waals surface area contributed by atoms with Crippen LogP contribution in [0.5, 0.6) is 0 Å². The fourth-order valence-electron chi connectivity index (χ4n) is 12.7. The first-order valence-corrected chi connectivity index (χ1v) is 44.2. The Hall–Kier alpha value is -3.07. The quantitative estimate of drug-likeness (QED) is 0.0264. The van der Waals surface area contributed by atoms with E-state index >= 15 is 0 Å². The maximum absolute atomic E-state index is 12.8. The molecule has 0 aromatic heterocycles. The highest BCUT2D eigenvalue weighted by molar-refractivity contribution is 7.47. The molecule has 0 rings (SSSR count). The summed E-state index contributed by atoms with van der Waals surface area (Å²) in [5, 5.41) is 0. The highest BCUT2D eigenvalue weighted by Crippen LogP contribution is 2.43. The molecular weight excluding hydrogens is 1240 g/mol. The van der Waals surface area contributed by atoms with E-state index in [-0.39, 0.29) is 38.6 Å². The Morgan fingerprint density at radius 1 is 0.313 bits per heavy atom. The number of nitrogens with two attached hydrogens (primary N) is 1. The fraction of sp³-hybridized carbons (Fsp3) is 0.798. The zero-order valence-electron chi connectivity index (χ0n) is 65.2. The maximum Gasteiger partial charge on any atom is 0.472 e. The summed E-state index contributed by atoms with van der Waals surface area (Å²) in [5.41, 5.74) is 5.42. The molecule has 0 saturated carbocycles. The molecule has 10 heteroatoms. The number of carbonyl (C=O) groups excluding carboxylic acids is 2. The average Bonchev–Trinajstić information content (AvgIpc) is 1.19. The van der Waals surface area contributed by atoms with Crippen LogP contribution < -0.4 is 5.73 Å². The Balaban J connectivity index is 3.76. The first-order chi connectivity index (χ1) is 48.8. The van der Waals surface area contributed by atoms with Gasteiger partial charge in [-0.3, -0.25) is 18.6 Å². The molecular formula is C89H162NO8P. The third-order valence-corrected chi connectivity index (χ3v) is 19.9. The fourth-order valence-corrected chi connectivity index (χ4v) is 13.4. The van der Waals surface area contributed by atoms with Crippen molar-refractivity contribution in [3.8, 4) is 0 Å². The first kappa shape index (κ1) is 95.9. The zero-order chi connectivity index (χ0) is 71.5. The molecule has 0 aliphatic heterocycles. The molecule has 0 aromatic carbocycles. The number of allylic oxidation sites excluding steroid dienone is 16. The predicted octanol–water partition coefficient (Wildman–Crippen LogP) is 29.0. The van der Waals surface area contributed by atoms with Gasteiger partial charge in [-0.25, -0.2) is 4.57 Å². The van der Waals surface area contributed by atoms with Gasteiger partial charge < -0.3 is 20.1 Å². The third kappa shape index (κ3) is 83.8. The molecule has 0 bridgehead atoms. The van der Waals surface area contributed by atoms with E-state index in [0.717, 1.165) is 83.5 Å². The highest BCUT2D eigenvalue weighted by Gasteiger charge is 2.26. The van der Waals surface area contributed by atoms with E-state index in [1.165, 1.54) is 308 Å². The summed E-state index contributed by atoms with van der Waals surface area (Å²) in [7, 11) is -4.40. The number of ether oxygens (including phenoxy) is 2. The van der Waals surface area contributed by atoms with Crippen molar-refractivity contribution in [3.05, 3.63) is 97.2 Å². The zero-order valence-corrected chi connectivity index (χ0v) is 66.1. The van der Waals surface area contributed by atoms with Gasteiger partial charge >= 0.3 is 19.8 Å². The number of hydrogen-bond donors (Lipinski definition) is 2. The van der Waals surface area contributed by atoms with Crippen molar-refractivity contribution in [1.82, 2.24) is 0 Å². The summed E-state index contributed by atoms with van der Waals surface area (Å²) in [4.78, 5) is 35.5. The van der Waals surface area contributed by atoms with Gasteiger partial charge in [0.15, 0.2) is 6.10 Å². The van der Waals surface area contributed by atoms with Crippen molar-refractivity contribution in [1.29, 1.82) is 0 Å². The van der Waals surface area contributed by atoms with E-state index in [0.29, 0.717) is 6.42 Å². The number of phosphoric ester groups is 1. The molecule has 0 radical (unpaired) electrons. The van der Waals surface area contributed by atoms with Gasteiger partial charge in [-0.05, 0) is 96.3 Å². The lowest BCUT2D eigenvalue weighted by Gasteiger charge is -2.19. The van der Waals surface area contributed by atoms with Gasteiger partial charge in [0.1, 0.15) is 6.61 Å². The van der Waals surface area contributed by atoms with Gasteiger partial charge in [-0.15, -0.1) is 0 Å². The standard InChI is InChI=1S/C89H162NO8P/c1-3-5-7-9-11-13-15-17-19-21-23-25-27-29-31-33-35-37-39-41-42-43-44-46-48-50-52-54-56-58-60-62-64-66-68-70-72-74-76-78-80-82-89(92)98-87(86-97-99(93,94)96-84-83-90)85-95-88(91)81-79-77-75-73-71-69-67-65-63-61-59-57-55-53-51-49-47-45-40-38-36-34-32-30-28-26-24-22-20-18-16-14-12-10-8-6-4-2/h5,7,11,13,17,19,22-25,29,31,35,37,41-42,87H,3-4,6,8-10,12,14-16,18,20-21,26-28,30,32-34,36,38-40,43-86,90H2,1-2H3,(H,93,94)/b7-5-,13-11-,19-17-,24-22-,25-23-,31-29-,37-35-,42-41-. The van der Waals surface area contributed by atoms with E-state index in [9.17, 15) is 19.0 Å². The molecule has 0 amide bonds. The molecule has 2 atom stereocenters. The lowest BCUT2D eigenvalue weighted by atomic mass is 10.0. The van der Waals surface area contributed by atoms with Crippen LogP contribution in [-0.2, 0) is 32.7 Å². The van der Waals surface area contributed by atoms with Crippen LogP contribution in [0.1, 0.15) is 425 Å².